The van der Waals surface area contributed by atoms with Crippen molar-refractivity contribution in [2.75, 3.05) is 0 Å². The van der Waals surface area contributed by atoms with E-state index in [1.807, 2.05) is 0 Å². The summed E-state index contributed by atoms with van der Waals surface area (Å²) in [6.07, 6.45) is 0. The summed E-state index contributed by atoms with van der Waals surface area (Å²) in [5, 5.41) is 0. The molecule has 0 radical (unpaired) electrons. The van der Waals surface area contributed by atoms with Crippen molar-refractivity contribution in [1.82, 2.24) is 0 Å². The van der Waals surface area contributed by atoms with Gasteiger partial charge < -0.3 is 16.4 Å². The van der Waals surface area contributed by atoms with Crippen LogP contribution in [0.4, 0.5) is 0 Å². The average molecular weight is 417 g/mol. The molecule has 5 heavy (non-hydrogen) atoms. The molecule has 0 aromatic rings. The van der Waals surface area contributed by atoms with Gasteiger partial charge in [0.15, 0.2) is 0 Å². The van der Waals surface area contributed by atoms with E-state index in [0.29, 0.717) is 0 Å². The predicted molar refractivity (Wildman–Crippen MR) is 7.81 cm³/mol. The summed E-state index contributed by atoms with van der Waals surface area (Å²) < 4.78 is 0. The minimum Gasteiger partial charge on any atom is -2.00 e. The van der Waals surface area contributed by atoms with E-state index in [4.69, 9.17) is 0 Å². The molecule has 0 heterocycles. The molecule has 0 aliphatic rings. The Morgan fingerprint density at radius 1 is 0.600 bits per heavy atom. The molecule has 0 aromatic heterocycles. The Hall–Kier alpha value is 2.78. The molecule has 0 amide bonds. The third-order valence-electron chi connectivity index (χ3n) is 0. The van der Waals surface area contributed by atoms with E-state index < -0.39 is 0 Å². The van der Waals surface area contributed by atoms with Gasteiger partial charge in [0, 0.05) is 0 Å². The molecule has 0 bridgehead atoms. The van der Waals surface area contributed by atoms with Gasteiger partial charge in [0.1, 0.15) is 0 Å². The SMILES string of the molecule is [Ba+2].[O-2].[O-2].[O-2].[Th+4]. The second-order valence-corrected chi connectivity index (χ2v) is 0. The van der Waals surface area contributed by atoms with Crippen LogP contribution in [0.25, 0.3) is 0 Å². The molecule has 0 unspecified atom stereocenters. The first-order chi connectivity index (χ1) is 0. The van der Waals surface area contributed by atoms with Gasteiger partial charge in [-0.15, -0.1) is 0 Å². The second-order valence-electron chi connectivity index (χ2n) is 0. The van der Waals surface area contributed by atoms with Crippen molar-refractivity contribution in [1.29, 1.82) is 0 Å². The van der Waals surface area contributed by atoms with Crippen LogP contribution in [0.1, 0.15) is 0 Å². The molecule has 0 N–H and O–H groups in total. The third kappa shape index (κ3) is 20.1. The fraction of sp³-hybridized carbons (Fsp3) is 0. The first kappa shape index (κ1) is 46.3. The molecule has 0 aliphatic carbocycles. The van der Waals surface area contributed by atoms with Gasteiger partial charge in [-0.3, -0.25) is 0 Å². The Labute approximate surface area is 103 Å². The Morgan fingerprint density at radius 3 is 0.600 bits per heavy atom. The van der Waals surface area contributed by atoms with Crippen molar-refractivity contribution in [3.05, 3.63) is 0 Å². The fourth-order valence-electron chi connectivity index (χ4n) is 0. The normalized spacial score (nSPS) is 0. The fourth-order valence-corrected chi connectivity index (χ4v) is 0. The molecule has 5 heteroatoms. The van der Waals surface area contributed by atoms with Crippen molar-refractivity contribution in [2.45, 2.75) is 0 Å². The van der Waals surface area contributed by atoms with Gasteiger partial charge in [0.2, 0.25) is 0 Å². The Bertz CT molecular complexity index is 6.85. The van der Waals surface area contributed by atoms with Crippen LogP contribution in [0.2, 0.25) is 0 Å². The Balaban J connectivity index is 0. The van der Waals surface area contributed by atoms with E-state index in [0.717, 1.165) is 0 Å². The smallest absolute Gasteiger partial charge is 2.00 e. The predicted octanol–water partition coefficient (Wildman–Crippen LogP) is -0.737. The molecule has 0 saturated heterocycles. The van der Waals surface area contributed by atoms with Crippen molar-refractivity contribution in [3.63, 3.8) is 0 Å². The summed E-state index contributed by atoms with van der Waals surface area (Å²) in [5.41, 5.74) is 0. The van der Waals surface area contributed by atoms with Crippen LogP contribution in [-0.2, 0) is 16.4 Å². The summed E-state index contributed by atoms with van der Waals surface area (Å²) >= 11 is 0. The van der Waals surface area contributed by atoms with Gasteiger partial charge in [0.25, 0.3) is 0 Å². The zero-order valence-electron chi connectivity index (χ0n) is 2.43. The van der Waals surface area contributed by atoms with Crippen LogP contribution in [-0.4, -0.2) is 48.9 Å². The van der Waals surface area contributed by atoms with E-state index in [2.05, 4.69) is 0 Å². The van der Waals surface area contributed by atoms with Gasteiger partial charge in [-0.1, -0.05) is 0 Å². The van der Waals surface area contributed by atoms with E-state index in [9.17, 15) is 0 Å². The van der Waals surface area contributed by atoms with E-state index in [-0.39, 0.29) is 105 Å². The van der Waals surface area contributed by atoms with Gasteiger partial charge >= 0.3 is 88.8 Å². The molecule has 24 valence electrons. The van der Waals surface area contributed by atoms with Crippen molar-refractivity contribution < 1.29 is 56.4 Å². The molecule has 0 atom stereocenters. The van der Waals surface area contributed by atoms with Gasteiger partial charge in [-0.05, 0) is 0 Å². The van der Waals surface area contributed by atoms with Gasteiger partial charge in [0.05, 0.1) is 0 Å². The van der Waals surface area contributed by atoms with E-state index in [1.165, 1.54) is 0 Å². The summed E-state index contributed by atoms with van der Waals surface area (Å²) in [6.45, 7) is 0. The third-order valence-corrected chi connectivity index (χ3v) is 0. The zero-order valence-corrected chi connectivity index (χ0v) is 11.0. The number of rotatable bonds is 0. The van der Waals surface area contributed by atoms with Crippen LogP contribution in [0.5, 0.6) is 0 Å². The molecular formula is BaO3Th. The second kappa shape index (κ2) is 29.3. The number of hydrogen-bond acceptors (Lipinski definition) is 0. The quantitative estimate of drug-likeness (QED) is 0.466. The summed E-state index contributed by atoms with van der Waals surface area (Å²) in [4.78, 5) is 0. The maximum absolute atomic E-state index is 0. The average Bonchev–Trinajstić information content (AvgIpc) is 0. The zero-order chi connectivity index (χ0) is 0. The van der Waals surface area contributed by atoms with Crippen molar-refractivity contribution in [3.8, 4) is 0 Å². The monoisotopic (exact) mass is 418 g/mol. The topological polar surface area (TPSA) is 85.5 Å². The first-order valence-electron chi connectivity index (χ1n) is 0. The van der Waals surface area contributed by atoms with Crippen LogP contribution in [0.3, 0.4) is 0 Å². The van der Waals surface area contributed by atoms with Crippen LogP contribution < -0.4 is 0 Å². The Morgan fingerprint density at radius 2 is 0.600 bits per heavy atom. The van der Waals surface area contributed by atoms with Gasteiger partial charge in [-0.25, -0.2) is 0 Å². The van der Waals surface area contributed by atoms with Crippen LogP contribution in [0.15, 0.2) is 0 Å². The molecule has 0 rings (SSSR count). The minimum absolute atomic E-state index is 0. The van der Waals surface area contributed by atoms with Crippen molar-refractivity contribution >= 4 is 48.9 Å². The van der Waals surface area contributed by atoms with Crippen LogP contribution in [0, 0.1) is 39.9 Å². The standard InChI is InChI=1S/Ba.3O.Th/q+2;3*-2;+4. The van der Waals surface area contributed by atoms with Gasteiger partial charge in [-0.2, -0.15) is 0 Å². The van der Waals surface area contributed by atoms with E-state index in [1.54, 1.807) is 0 Å². The summed E-state index contributed by atoms with van der Waals surface area (Å²) in [7, 11) is 0. The number of hydrogen-bond donors (Lipinski definition) is 0. The molecule has 0 spiro atoms. The largest absolute Gasteiger partial charge is 4.00 e. The molecule has 0 saturated carbocycles. The molecule has 3 nitrogen and oxygen atoms in total. The minimum atomic E-state index is 0. The molecular weight excluding hydrogens is 417 g/mol. The Kier molecular flexibility index (Phi) is 272. The van der Waals surface area contributed by atoms with Crippen LogP contribution >= 0.6 is 0 Å². The summed E-state index contributed by atoms with van der Waals surface area (Å²) in [6, 6.07) is 0. The molecule has 0 aliphatic heterocycles. The molecule has 0 aromatic carbocycles. The van der Waals surface area contributed by atoms with E-state index >= 15 is 0 Å². The van der Waals surface area contributed by atoms with Crippen molar-refractivity contribution in [2.24, 2.45) is 0 Å². The maximum atomic E-state index is 0. The molecule has 0 fully saturated rings. The summed E-state index contributed by atoms with van der Waals surface area (Å²) in [5.74, 6) is 0. The maximum Gasteiger partial charge on any atom is 4.00 e. The first-order valence-corrected chi connectivity index (χ1v) is 0.